The number of nitrogens with zero attached hydrogens (tertiary/aromatic N) is 1. The summed E-state index contributed by atoms with van der Waals surface area (Å²) in [6.45, 7) is 1.74. The largest absolute Gasteiger partial charge is 0.455 e. The van der Waals surface area contributed by atoms with Crippen LogP contribution in [0.4, 0.5) is 8.78 Å². The van der Waals surface area contributed by atoms with Crippen molar-refractivity contribution in [3.05, 3.63) is 45.7 Å². The number of thiol groups is 1. The van der Waals surface area contributed by atoms with Crippen molar-refractivity contribution in [2.24, 2.45) is 0 Å². The molecule has 19 heavy (non-hydrogen) atoms. The molecule has 0 amide bonds. The average molecular weight is 322 g/mol. The van der Waals surface area contributed by atoms with Gasteiger partial charge >= 0.3 is 0 Å². The summed E-state index contributed by atoms with van der Waals surface area (Å²) in [6.07, 6.45) is 0. The van der Waals surface area contributed by atoms with Gasteiger partial charge in [0.2, 0.25) is 11.9 Å². The van der Waals surface area contributed by atoms with E-state index >= 15 is 0 Å². The molecule has 0 aliphatic carbocycles. The molecule has 0 fully saturated rings. The van der Waals surface area contributed by atoms with Crippen molar-refractivity contribution in [1.82, 2.24) is 4.98 Å². The molecular formula is C12H7Cl2F2NOS. The Morgan fingerprint density at radius 3 is 2.32 bits per heavy atom. The van der Waals surface area contributed by atoms with Crippen LogP contribution in [0, 0.1) is 18.8 Å². The van der Waals surface area contributed by atoms with Crippen LogP contribution in [0.2, 0.25) is 10.0 Å². The lowest BCUT2D eigenvalue weighted by atomic mass is 10.2. The van der Waals surface area contributed by atoms with Gasteiger partial charge in [0.05, 0.1) is 5.02 Å². The Hall–Kier alpha value is -1.04. The Kier molecular flexibility index (Phi) is 4.18. The van der Waals surface area contributed by atoms with Gasteiger partial charge in [0.25, 0.3) is 0 Å². The van der Waals surface area contributed by atoms with E-state index < -0.39 is 11.9 Å². The van der Waals surface area contributed by atoms with Crippen LogP contribution in [0.5, 0.6) is 11.5 Å². The van der Waals surface area contributed by atoms with Gasteiger partial charge in [-0.3, -0.25) is 0 Å². The molecule has 0 unspecified atom stereocenters. The highest BCUT2D eigenvalue weighted by Crippen LogP contribution is 2.39. The molecule has 1 aromatic heterocycles. The van der Waals surface area contributed by atoms with Crippen LogP contribution in [0.15, 0.2) is 23.1 Å². The van der Waals surface area contributed by atoms with Gasteiger partial charge in [-0.2, -0.15) is 13.8 Å². The first-order valence-electron chi connectivity index (χ1n) is 5.07. The highest BCUT2D eigenvalue weighted by molar-refractivity contribution is 7.80. The summed E-state index contributed by atoms with van der Waals surface area (Å²) in [4.78, 5) is 3.40. The third kappa shape index (κ3) is 3.11. The summed E-state index contributed by atoms with van der Waals surface area (Å²) in [5.41, 5.74) is 0.689. The Morgan fingerprint density at radius 2 is 1.74 bits per heavy atom. The first-order valence-corrected chi connectivity index (χ1v) is 6.27. The van der Waals surface area contributed by atoms with Crippen molar-refractivity contribution in [2.45, 2.75) is 11.8 Å². The molecule has 100 valence electrons. The quantitative estimate of drug-likeness (QED) is 0.617. The third-order valence-electron chi connectivity index (χ3n) is 2.36. The minimum Gasteiger partial charge on any atom is -0.455 e. The summed E-state index contributed by atoms with van der Waals surface area (Å²) in [6, 6.07) is 3.33. The summed E-state index contributed by atoms with van der Waals surface area (Å²) in [7, 11) is 0. The first kappa shape index (κ1) is 14.4. The van der Waals surface area contributed by atoms with Gasteiger partial charge in [-0.15, -0.1) is 12.6 Å². The fourth-order valence-electron chi connectivity index (χ4n) is 1.38. The van der Waals surface area contributed by atoms with Crippen LogP contribution in [0.3, 0.4) is 0 Å². The average Bonchev–Trinajstić information content (AvgIpc) is 2.32. The van der Waals surface area contributed by atoms with Crippen molar-refractivity contribution < 1.29 is 13.5 Å². The van der Waals surface area contributed by atoms with Crippen molar-refractivity contribution in [2.75, 3.05) is 0 Å². The van der Waals surface area contributed by atoms with Gasteiger partial charge in [-0.1, -0.05) is 23.2 Å². The van der Waals surface area contributed by atoms with Crippen LogP contribution >= 0.6 is 35.8 Å². The predicted octanol–water partition coefficient (Wildman–Crippen LogP) is 5.06. The second-order valence-electron chi connectivity index (χ2n) is 3.69. The monoisotopic (exact) mass is 321 g/mol. The SMILES string of the molecule is Cc1c(Cl)cc(Oc2cc(F)nc(F)c2)c(Cl)c1S. The number of pyridine rings is 1. The number of halogens is 4. The fraction of sp³-hybridized carbons (Fsp3) is 0.0833. The van der Waals surface area contributed by atoms with E-state index in [1.165, 1.54) is 6.07 Å². The summed E-state index contributed by atoms with van der Waals surface area (Å²) in [5, 5.41) is 0.599. The Bertz CT molecular complexity index is 632. The van der Waals surface area contributed by atoms with Crippen molar-refractivity contribution in [1.29, 1.82) is 0 Å². The molecule has 2 nitrogen and oxygen atoms in total. The topological polar surface area (TPSA) is 22.1 Å². The molecule has 0 radical (unpaired) electrons. The van der Waals surface area contributed by atoms with Crippen LogP contribution < -0.4 is 4.74 Å². The second-order valence-corrected chi connectivity index (χ2v) is 4.93. The molecule has 2 aromatic rings. The molecule has 0 saturated carbocycles. The third-order valence-corrected chi connectivity index (χ3v) is 3.82. The lowest BCUT2D eigenvalue weighted by Gasteiger charge is -2.12. The first-order chi connectivity index (χ1) is 8.88. The maximum absolute atomic E-state index is 12.9. The standard InChI is InChI=1S/C12H7Cl2F2NOS/c1-5-7(13)4-8(11(14)12(5)19)18-6-2-9(15)17-10(16)3-6/h2-4,19H,1H3. The maximum Gasteiger partial charge on any atom is 0.219 e. The van der Waals surface area contributed by atoms with E-state index in [0.717, 1.165) is 12.1 Å². The molecule has 0 saturated heterocycles. The Morgan fingerprint density at radius 1 is 1.16 bits per heavy atom. The fourth-order valence-corrected chi connectivity index (χ4v) is 2.11. The van der Waals surface area contributed by atoms with E-state index in [0.29, 0.717) is 15.5 Å². The van der Waals surface area contributed by atoms with E-state index in [-0.39, 0.29) is 16.5 Å². The molecule has 1 aromatic carbocycles. The van der Waals surface area contributed by atoms with Crippen molar-refractivity contribution >= 4 is 35.8 Å². The van der Waals surface area contributed by atoms with E-state index in [2.05, 4.69) is 17.6 Å². The van der Waals surface area contributed by atoms with Crippen LogP contribution in [-0.4, -0.2) is 4.98 Å². The van der Waals surface area contributed by atoms with Gasteiger partial charge in [-0.05, 0) is 12.5 Å². The zero-order valence-electron chi connectivity index (χ0n) is 9.55. The Labute approximate surface area is 123 Å². The second kappa shape index (κ2) is 5.53. The van der Waals surface area contributed by atoms with E-state index in [9.17, 15) is 8.78 Å². The number of ether oxygens (including phenoxy) is 1. The normalized spacial score (nSPS) is 10.6. The Balaban J connectivity index is 2.44. The number of hydrogen-bond acceptors (Lipinski definition) is 3. The van der Waals surface area contributed by atoms with Crippen LogP contribution in [0.25, 0.3) is 0 Å². The molecule has 0 atom stereocenters. The van der Waals surface area contributed by atoms with Gasteiger partial charge < -0.3 is 4.74 Å². The van der Waals surface area contributed by atoms with Crippen molar-refractivity contribution in [3.63, 3.8) is 0 Å². The zero-order valence-corrected chi connectivity index (χ0v) is 12.0. The minimum atomic E-state index is -0.990. The van der Waals surface area contributed by atoms with Crippen molar-refractivity contribution in [3.8, 4) is 11.5 Å². The molecule has 0 aliphatic heterocycles. The minimum absolute atomic E-state index is 0.0699. The number of benzene rings is 1. The smallest absolute Gasteiger partial charge is 0.219 e. The molecule has 0 aliphatic rings. The van der Waals surface area contributed by atoms with E-state index in [1.54, 1.807) is 6.92 Å². The summed E-state index contributed by atoms with van der Waals surface area (Å²) >= 11 is 16.2. The van der Waals surface area contributed by atoms with E-state index in [4.69, 9.17) is 27.9 Å². The van der Waals surface area contributed by atoms with Crippen LogP contribution in [0.1, 0.15) is 5.56 Å². The van der Waals surface area contributed by atoms with Crippen LogP contribution in [-0.2, 0) is 0 Å². The highest BCUT2D eigenvalue weighted by Gasteiger charge is 2.13. The van der Waals surface area contributed by atoms with E-state index in [1.807, 2.05) is 0 Å². The predicted molar refractivity (Wildman–Crippen MR) is 72.7 cm³/mol. The number of hydrogen-bond donors (Lipinski definition) is 1. The highest BCUT2D eigenvalue weighted by atomic mass is 35.5. The van der Waals surface area contributed by atoms with Gasteiger partial charge in [-0.25, -0.2) is 0 Å². The van der Waals surface area contributed by atoms with Gasteiger partial charge in [0.1, 0.15) is 11.5 Å². The molecular weight excluding hydrogens is 315 g/mol. The van der Waals surface area contributed by atoms with Gasteiger partial charge in [0, 0.05) is 28.1 Å². The number of rotatable bonds is 2. The lowest BCUT2D eigenvalue weighted by molar-refractivity contribution is 0.451. The molecule has 1 heterocycles. The number of aromatic nitrogens is 1. The summed E-state index contributed by atoms with van der Waals surface area (Å²) < 4.78 is 31.2. The lowest BCUT2D eigenvalue weighted by Crippen LogP contribution is -1.93. The van der Waals surface area contributed by atoms with Gasteiger partial charge in [0.15, 0.2) is 0 Å². The maximum atomic E-state index is 12.9. The molecule has 7 heteroatoms. The summed E-state index contributed by atoms with van der Waals surface area (Å²) in [5.74, 6) is -1.89. The molecule has 0 N–H and O–H groups in total. The molecule has 0 spiro atoms. The zero-order chi connectivity index (χ0) is 14.2. The molecule has 0 bridgehead atoms. The molecule has 2 rings (SSSR count).